The molecule has 1 aromatic carbocycles. The van der Waals surface area contributed by atoms with Gasteiger partial charge < -0.3 is 14.5 Å². The number of benzene rings is 1. The average Bonchev–Trinajstić information content (AvgIpc) is 3.18. The second kappa shape index (κ2) is 7.14. The Kier molecular flexibility index (Phi) is 4.53. The van der Waals surface area contributed by atoms with Crippen molar-refractivity contribution < 1.29 is 18.8 Å². The van der Waals surface area contributed by atoms with E-state index in [2.05, 4.69) is 15.1 Å². The highest BCUT2D eigenvalue weighted by atomic mass is 19.1. The van der Waals surface area contributed by atoms with Gasteiger partial charge in [0.15, 0.2) is 0 Å². The number of pyridine rings is 1. The van der Waals surface area contributed by atoms with Gasteiger partial charge >= 0.3 is 5.97 Å². The normalized spacial score (nSPS) is 17.1. The molecule has 0 amide bonds. The molecule has 7 nitrogen and oxygen atoms in total. The van der Waals surface area contributed by atoms with Gasteiger partial charge in [0.05, 0.1) is 5.92 Å². The van der Waals surface area contributed by atoms with Crippen LogP contribution < -0.4 is 4.90 Å². The van der Waals surface area contributed by atoms with Gasteiger partial charge in [-0.3, -0.25) is 4.79 Å². The summed E-state index contributed by atoms with van der Waals surface area (Å²) in [6.45, 7) is 1.17. The van der Waals surface area contributed by atoms with Gasteiger partial charge in [-0.05, 0) is 37.1 Å². The Morgan fingerprint density at radius 3 is 2.96 bits per heavy atom. The fourth-order valence-electron chi connectivity index (χ4n) is 3.20. The van der Waals surface area contributed by atoms with E-state index in [1.54, 1.807) is 30.5 Å². The van der Waals surface area contributed by atoms with Crippen LogP contribution in [0.4, 0.5) is 10.2 Å². The van der Waals surface area contributed by atoms with Crippen molar-refractivity contribution in [2.24, 2.45) is 5.92 Å². The highest BCUT2D eigenvalue weighted by Gasteiger charge is 2.26. The third kappa shape index (κ3) is 3.64. The van der Waals surface area contributed by atoms with Crippen LogP contribution in [0.2, 0.25) is 0 Å². The number of aliphatic carboxylic acids is 1. The van der Waals surface area contributed by atoms with Crippen LogP contribution in [-0.4, -0.2) is 39.3 Å². The topological polar surface area (TPSA) is 92.3 Å². The maximum Gasteiger partial charge on any atom is 0.308 e. The van der Waals surface area contributed by atoms with Gasteiger partial charge in [-0.25, -0.2) is 9.37 Å². The Hall–Kier alpha value is -3.29. The average molecular weight is 368 g/mol. The molecule has 8 heteroatoms. The predicted molar refractivity (Wildman–Crippen MR) is 95.5 cm³/mol. The molecular weight excluding hydrogens is 351 g/mol. The van der Waals surface area contributed by atoms with E-state index >= 15 is 0 Å². The Bertz CT molecular complexity index is 975. The number of piperidine rings is 1. The molecule has 0 bridgehead atoms. The molecule has 27 heavy (non-hydrogen) atoms. The molecule has 0 spiro atoms. The first kappa shape index (κ1) is 17.1. The lowest BCUT2D eigenvalue weighted by molar-refractivity contribution is -0.141. The largest absolute Gasteiger partial charge is 0.481 e. The molecule has 3 heterocycles. The Balaban J connectivity index is 1.59. The van der Waals surface area contributed by atoms with Crippen molar-refractivity contribution in [3.8, 4) is 22.8 Å². The number of rotatable bonds is 4. The smallest absolute Gasteiger partial charge is 0.308 e. The minimum Gasteiger partial charge on any atom is -0.481 e. The number of nitrogens with zero attached hydrogens (tertiary/aromatic N) is 4. The molecule has 1 atom stereocenters. The highest BCUT2D eigenvalue weighted by Crippen LogP contribution is 2.27. The van der Waals surface area contributed by atoms with Gasteiger partial charge in [-0.2, -0.15) is 4.98 Å². The molecular formula is C19H17FN4O3. The maximum atomic E-state index is 13.4. The number of carboxylic acid groups (broad SMARTS) is 1. The summed E-state index contributed by atoms with van der Waals surface area (Å²) < 4.78 is 18.7. The SMILES string of the molecule is O=C(O)C1CCCN(c2cc(-c3nc(-c4cccc(F)c4)no3)ccn2)C1. The summed E-state index contributed by atoms with van der Waals surface area (Å²) in [6.07, 6.45) is 3.10. The molecule has 1 aliphatic rings. The van der Waals surface area contributed by atoms with E-state index in [0.29, 0.717) is 41.6 Å². The molecule has 1 N–H and O–H groups in total. The van der Waals surface area contributed by atoms with E-state index in [1.165, 1.54) is 12.1 Å². The van der Waals surface area contributed by atoms with Crippen molar-refractivity contribution in [3.63, 3.8) is 0 Å². The van der Waals surface area contributed by atoms with Gasteiger partial charge in [0.25, 0.3) is 5.89 Å². The van der Waals surface area contributed by atoms with Crippen LogP contribution in [0.3, 0.4) is 0 Å². The van der Waals surface area contributed by atoms with Crippen molar-refractivity contribution in [2.45, 2.75) is 12.8 Å². The molecule has 4 rings (SSSR count). The summed E-state index contributed by atoms with van der Waals surface area (Å²) >= 11 is 0. The van der Waals surface area contributed by atoms with E-state index < -0.39 is 11.9 Å². The summed E-state index contributed by atoms with van der Waals surface area (Å²) in [6, 6.07) is 9.52. The minimum atomic E-state index is -0.785. The third-order valence-corrected chi connectivity index (χ3v) is 4.60. The Labute approximate surface area is 154 Å². The molecule has 138 valence electrons. The van der Waals surface area contributed by atoms with E-state index in [9.17, 15) is 14.3 Å². The van der Waals surface area contributed by atoms with Gasteiger partial charge in [0.1, 0.15) is 11.6 Å². The van der Waals surface area contributed by atoms with E-state index in [1.807, 2.05) is 4.90 Å². The third-order valence-electron chi connectivity index (χ3n) is 4.60. The zero-order chi connectivity index (χ0) is 18.8. The van der Waals surface area contributed by atoms with E-state index in [-0.39, 0.29) is 5.82 Å². The Morgan fingerprint density at radius 2 is 2.15 bits per heavy atom. The molecule has 1 unspecified atom stereocenters. The van der Waals surface area contributed by atoms with Crippen LogP contribution in [0.25, 0.3) is 22.8 Å². The van der Waals surface area contributed by atoms with Gasteiger partial charge in [-0.15, -0.1) is 0 Å². The molecule has 0 aliphatic carbocycles. The van der Waals surface area contributed by atoms with E-state index in [0.717, 1.165) is 13.0 Å². The van der Waals surface area contributed by atoms with Crippen molar-refractivity contribution >= 4 is 11.8 Å². The lowest BCUT2D eigenvalue weighted by Gasteiger charge is -2.31. The van der Waals surface area contributed by atoms with Crippen molar-refractivity contribution in [2.75, 3.05) is 18.0 Å². The number of aromatic nitrogens is 3. The quantitative estimate of drug-likeness (QED) is 0.756. The van der Waals surface area contributed by atoms with Crippen LogP contribution in [0.5, 0.6) is 0 Å². The first-order chi connectivity index (χ1) is 13.1. The van der Waals surface area contributed by atoms with Gasteiger partial charge in [0.2, 0.25) is 5.82 Å². The minimum absolute atomic E-state index is 0.296. The number of carbonyl (C=O) groups is 1. The lowest BCUT2D eigenvalue weighted by atomic mass is 9.98. The summed E-state index contributed by atoms with van der Waals surface area (Å²) in [4.78, 5) is 21.9. The van der Waals surface area contributed by atoms with Crippen LogP contribution in [0.15, 0.2) is 47.1 Å². The van der Waals surface area contributed by atoms with Crippen molar-refractivity contribution in [1.29, 1.82) is 0 Å². The molecule has 0 radical (unpaired) electrons. The number of hydrogen-bond donors (Lipinski definition) is 1. The molecule has 0 saturated carbocycles. The lowest BCUT2D eigenvalue weighted by Crippen LogP contribution is -2.39. The summed E-state index contributed by atoms with van der Waals surface area (Å²) in [5.74, 6) is -0.289. The standard InChI is InChI=1S/C19H17FN4O3/c20-15-5-1-3-12(9-15)17-22-18(27-23-17)13-6-7-21-16(10-13)24-8-2-4-14(11-24)19(25)26/h1,3,5-7,9-10,14H,2,4,8,11H2,(H,25,26). The second-order valence-corrected chi connectivity index (χ2v) is 6.46. The highest BCUT2D eigenvalue weighted by molar-refractivity contribution is 5.71. The number of hydrogen-bond acceptors (Lipinski definition) is 6. The zero-order valence-electron chi connectivity index (χ0n) is 14.4. The fraction of sp³-hybridized carbons (Fsp3) is 0.263. The zero-order valence-corrected chi connectivity index (χ0v) is 14.4. The number of carboxylic acids is 1. The molecule has 1 saturated heterocycles. The second-order valence-electron chi connectivity index (χ2n) is 6.46. The fourth-order valence-corrected chi connectivity index (χ4v) is 3.20. The summed E-state index contributed by atoms with van der Waals surface area (Å²) in [7, 11) is 0. The predicted octanol–water partition coefficient (Wildman–Crippen LogP) is 3.24. The van der Waals surface area contributed by atoms with Crippen molar-refractivity contribution in [1.82, 2.24) is 15.1 Å². The monoisotopic (exact) mass is 368 g/mol. The van der Waals surface area contributed by atoms with Crippen LogP contribution in [0, 0.1) is 11.7 Å². The van der Waals surface area contributed by atoms with Crippen LogP contribution in [-0.2, 0) is 4.79 Å². The summed E-state index contributed by atoms with van der Waals surface area (Å²) in [5.41, 5.74) is 1.20. The molecule has 2 aromatic heterocycles. The molecule has 1 fully saturated rings. The van der Waals surface area contributed by atoms with Gasteiger partial charge in [0, 0.05) is 30.4 Å². The first-order valence-corrected chi connectivity index (χ1v) is 8.64. The molecule has 1 aliphatic heterocycles. The maximum absolute atomic E-state index is 13.4. The van der Waals surface area contributed by atoms with Crippen molar-refractivity contribution in [3.05, 3.63) is 48.4 Å². The van der Waals surface area contributed by atoms with Crippen LogP contribution in [0.1, 0.15) is 12.8 Å². The first-order valence-electron chi connectivity index (χ1n) is 8.64. The van der Waals surface area contributed by atoms with E-state index in [4.69, 9.17) is 4.52 Å². The number of anilines is 1. The van der Waals surface area contributed by atoms with Crippen LogP contribution >= 0.6 is 0 Å². The van der Waals surface area contributed by atoms with Gasteiger partial charge in [-0.1, -0.05) is 17.3 Å². The number of halogens is 1. The Morgan fingerprint density at radius 1 is 1.26 bits per heavy atom. The molecule has 3 aromatic rings. The summed E-state index contributed by atoms with van der Waals surface area (Å²) in [5, 5.41) is 13.2.